The number of anilines is 2. The summed E-state index contributed by atoms with van der Waals surface area (Å²) < 4.78 is 0. The lowest BCUT2D eigenvalue weighted by atomic mass is 10.0. The number of Topliss-reactive ketones (excluding diaryl/α,β-unsaturated/α-hetero) is 1. The Morgan fingerprint density at radius 1 is 1.11 bits per heavy atom. The number of halogens is 1. The highest BCUT2D eigenvalue weighted by Gasteiger charge is 2.22. The summed E-state index contributed by atoms with van der Waals surface area (Å²) in [6.07, 6.45) is 1.02. The molecule has 0 bridgehead atoms. The fourth-order valence-electron chi connectivity index (χ4n) is 3.64. The van der Waals surface area contributed by atoms with Crippen molar-refractivity contribution in [3.05, 3.63) is 58.6 Å². The van der Waals surface area contributed by atoms with Gasteiger partial charge >= 0.3 is 0 Å². The Bertz CT molecular complexity index is 886. The van der Waals surface area contributed by atoms with Gasteiger partial charge in [-0.3, -0.25) is 4.79 Å². The summed E-state index contributed by atoms with van der Waals surface area (Å²) in [5, 5.41) is 9.58. The van der Waals surface area contributed by atoms with Crippen molar-refractivity contribution in [2.45, 2.75) is 33.2 Å². The van der Waals surface area contributed by atoms with Gasteiger partial charge in [-0.15, -0.1) is 0 Å². The highest BCUT2D eigenvalue weighted by molar-refractivity contribution is 6.32. The molecule has 0 radical (unpaired) electrons. The van der Waals surface area contributed by atoms with Gasteiger partial charge in [0.15, 0.2) is 5.78 Å². The lowest BCUT2D eigenvalue weighted by Crippen LogP contribution is -2.34. The second kappa shape index (κ2) is 8.67. The van der Waals surface area contributed by atoms with Crippen LogP contribution in [0.2, 0.25) is 5.02 Å². The smallest absolute Gasteiger partial charge is 0.165 e. The normalized spacial score (nSPS) is 17.4. The van der Waals surface area contributed by atoms with Crippen LogP contribution in [0.15, 0.2) is 42.5 Å². The SMILES string of the molecule is CC(C)C(=O)c1ccc(N2CC[C@H](C)N(c3ccc(C#N)c(Cl)c3)CC2)cc1. The average molecular weight is 396 g/mol. The van der Waals surface area contributed by atoms with Crippen molar-refractivity contribution < 1.29 is 4.79 Å². The lowest BCUT2D eigenvalue weighted by molar-refractivity contribution is 0.0939. The van der Waals surface area contributed by atoms with E-state index in [-0.39, 0.29) is 11.7 Å². The molecule has 1 atom stereocenters. The average Bonchev–Trinajstić information content (AvgIpc) is 2.89. The van der Waals surface area contributed by atoms with Gasteiger partial charge in [0.2, 0.25) is 0 Å². The topological polar surface area (TPSA) is 47.3 Å². The molecule has 0 aliphatic carbocycles. The van der Waals surface area contributed by atoms with Crippen molar-refractivity contribution in [1.29, 1.82) is 5.26 Å². The van der Waals surface area contributed by atoms with E-state index in [9.17, 15) is 4.79 Å². The van der Waals surface area contributed by atoms with Crippen LogP contribution in [0.5, 0.6) is 0 Å². The summed E-state index contributed by atoms with van der Waals surface area (Å²) in [6.45, 7) is 8.79. The van der Waals surface area contributed by atoms with Gasteiger partial charge in [0.1, 0.15) is 6.07 Å². The van der Waals surface area contributed by atoms with Crippen LogP contribution >= 0.6 is 11.6 Å². The van der Waals surface area contributed by atoms with Gasteiger partial charge in [-0.05, 0) is 55.8 Å². The van der Waals surface area contributed by atoms with Gasteiger partial charge in [-0.25, -0.2) is 0 Å². The Morgan fingerprint density at radius 3 is 2.39 bits per heavy atom. The Kier molecular flexibility index (Phi) is 6.26. The summed E-state index contributed by atoms with van der Waals surface area (Å²) in [4.78, 5) is 16.9. The fraction of sp³-hybridized carbons (Fsp3) is 0.391. The molecule has 146 valence electrons. The van der Waals surface area contributed by atoms with Crippen molar-refractivity contribution in [2.75, 3.05) is 29.4 Å². The second-order valence-electron chi connectivity index (χ2n) is 7.66. The number of carbonyl (C=O) groups is 1. The molecule has 0 saturated carbocycles. The zero-order valence-electron chi connectivity index (χ0n) is 16.7. The Hall–Kier alpha value is -2.51. The lowest BCUT2D eigenvalue weighted by Gasteiger charge is -2.29. The Morgan fingerprint density at radius 2 is 1.79 bits per heavy atom. The number of benzene rings is 2. The largest absolute Gasteiger partial charge is 0.370 e. The van der Waals surface area contributed by atoms with Gasteiger partial charge in [0.25, 0.3) is 0 Å². The van der Waals surface area contributed by atoms with Gasteiger partial charge in [0, 0.05) is 48.5 Å². The quantitative estimate of drug-likeness (QED) is 0.671. The van der Waals surface area contributed by atoms with Crippen LogP contribution in [0.25, 0.3) is 0 Å². The number of rotatable bonds is 4. The van der Waals surface area contributed by atoms with Crippen LogP contribution in [-0.2, 0) is 0 Å². The van der Waals surface area contributed by atoms with Crippen molar-refractivity contribution in [2.24, 2.45) is 5.92 Å². The van der Waals surface area contributed by atoms with Gasteiger partial charge in [0.05, 0.1) is 10.6 Å². The summed E-state index contributed by atoms with van der Waals surface area (Å²) in [5.74, 6) is 0.192. The molecule has 2 aromatic rings. The Balaban J connectivity index is 1.74. The maximum Gasteiger partial charge on any atom is 0.165 e. The summed E-state index contributed by atoms with van der Waals surface area (Å²) in [7, 11) is 0. The van der Waals surface area contributed by atoms with Crippen LogP contribution in [0.3, 0.4) is 0 Å². The first-order valence-electron chi connectivity index (χ1n) is 9.76. The third-order valence-electron chi connectivity index (χ3n) is 5.41. The van der Waals surface area contributed by atoms with Crippen molar-refractivity contribution in [3.63, 3.8) is 0 Å². The molecule has 0 aromatic heterocycles. The van der Waals surface area contributed by atoms with Crippen LogP contribution in [0.1, 0.15) is 43.1 Å². The van der Waals surface area contributed by atoms with Crippen molar-refractivity contribution >= 4 is 28.8 Å². The molecule has 1 heterocycles. The zero-order chi connectivity index (χ0) is 20.3. The predicted octanol–water partition coefficient (Wildman–Crippen LogP) is 5.16. The molecular weight excluding hydrogens is 370 g/mol. The fourth-order valence-corrected chi connectivity index (χ4v) is 3.86. The molecule has 0 N–H and O–H groups in total. The van der Waals surface area contributed by atoms with Crippen LogP contribution in [-0.4, -0.2) is 31.5 Å². The first-order chi connectivity index (χ1) is 13.4. The minimum atomic E-state index is 0.0118. The van der Waals surface area contributed by atoms with Crippen molar-refractivity contribution in [3.8, 4) is 6.07 Å². The van der Waals surface area contributed by atoms with E-state index in [1.807, 2.05) is 38.1 Å². The van der Waals surface area contributed by atoms with E-state index in [0.29, 0.717) is 16.6 Å². The molecule has 0 amide bonds. The van der Waals surface area contributed by atoms with E-state index >= 15 is 0 Å². The number of ketones is 1. The number of carbonyl (C=O) groups excluding carboxylic acids is 1. The zero-order valence-corrected chi connectivity index (χ0v) is 17.4. The Labute approximate surface area is 172 Å². The highest BCUT2D eigenvalue weighted by Crippen LogP contribution is 2.28. The molecule has 2 aromatic carbocycles. The molecule has 1 aliphatic rings. The molecule has 1 saturated heterocycles. The summed E-state index contributed by atoms with van der Waals surface area (Å²) >= 11 is 6.24. The van der Waals surface area contributed by atoms with Crippen molar-refractivity contribution in [1.82, 2.24) is 0 Å². The minimum absolute atomic E-state index is 0.0118. The van der Waals surface area contributed by atoms with E-state index in [1.165, 1.54) is 0 Å². The molecule has 5 heteroatoms. The van der Waals surface area contributed by atoms with E-state index in [0.717, 1.165) is 43.0 Å². The number of hydrogen-bond donors (Lipinski definition) is 0. The van der Waals surface area contributed by atoms with E-state index in [1.54, 1.807) is 6.07 Å². The maximum atomic E-state index is 12.2. The number of nitrogens with zero attached hydrogens (tertiary/aromatic N) is 3. The van der Waals surface area contributed by atoms with E-state index in [2.05, 4.69) is 34.9 Å². The summed E-state index contributed by atoms with van der Waals surface area (Å²) in [5.41, 5.74) is 3.48. The van der Waals surface area contributed by atoms with Crippen LogP contribution < -0.4 is 9.80 Å². The number of nitriles is 1. The third kappa shape index (κ3) is 4.31. The molecule has 4 nitrogen and oxygen atoms in total. The second-order valence-corrected chi connectivity index (χ2v) is 8.07. The molecule has 3 rings (SSSR count). The minimum Gasteiger partial charge on any atom is -0.370 e. The molecule has 1 fully saturated rings. The first-order valence-corrected chi connectivity index (χ1v) is 10.1. The molecule has 0 spiro atoms. The van der Waals surface area contributed by atoms with Gasteiger partial charge in [-0.2, -0.15) is 5.26 Å². The van der Waals surface area contributed by atoms with E-state index in [4.69, 9.17) is 16.9 Å². The van der Waals surface area contributed by atoms with Gasteiger partial charge in [-0.1, -0.05) is 25.4 Å². The van der Waals surface area contributed by atoms with Crippen LogP contribution in [0, 0.1) is 17.2 Å². The molecule has 1 aliphatic heterocycles. The van der Waals surface area contributed by atoms with Gasteiger partial charge < -0.3 is 9.80 Å². The summed E-state index contributed by atoms with van der Waals surface area (Å²) in [6, 6.07) is 16.1. The predicted molar refractivity (Wildman–Crippen MR) is 115 cm³/mol. The third-order valence-corrected chi connectivity index (χ3v) is 5.72. The standard InChI is InChI=1S/C23H26ClN3O/c1-16(2)23(28)18-4-7-20(8-5-18)26-11-10-17(3)27(13-12-26)21-9-6-19(15-25)22(24)14-21/h4-9,14,16-17H,10-13H2,1-3H3/t17-/m0/s1. The number of hydrogen-bond acceptors (Lipinski definition) is 4. The van der Waals surface area contributed by atoms with Crippen LogP contribution in [0.4, 0.5) is 11.4 Å². The molecular formula is C23H26ClN3O. The monoisotopic (exact) mass is 395 g/mol. The molecule has 0 unspecified atom stereocenters. The van der Waals surface area contributed by atoms with E-state index < -0.39 is 0 Å². The molecule has 28 heavy (non-hydrogen) atoms. The maximum absolute atomic E-state index is 12.2. The highest BCUT2D eigenvalue weighted by atomic mass is 35.5. The first kappa shape index (κ1) is 20.2.